The standard InChI is InChI=1S/C18H25N3O5S/c1-13(14-4-5-14)20-17(22)12-26-18(23)15-6-9-21(10-7-15)27(24,25)16-3-2-8-19-11-16/h2-3,8,11,13-15H,4-7,9-10,12H2,1H3,(H,20,22). The number of amides is 1. The number of rotatable bonds is 7. The zero-order chi connectivity index (χ0) is 19.4. The fraction of sp³-hybridized carbons (Fsp3) is 0.611. The highest BCUT2D eigenvalue weighted by atomic mass is 32.2. The minimum Gasteiger partial charge on any atom is -0.455 e. The summed E-state index contributed by atoms with van der Waals surface area (Å²) in [5.41, 5.74) is 0. The molecular weight excluding hydrogens is 370 g/mol. The van der Waals surface area contributed by atoms with E-state index in [9.17, 15) is 18.0 Å². The quantitative estimate of drug-likeness (QED) is 0.689. The Balaban J connectivity index is 1.44. The topological polar surface area (TPSA) is 106 Å². The Bertz CT molecular complexity index is 771. The van der Waals surface area contributed by atoms with Gasteiger partial charge in [-0.15, -0.1) is 0 Å². The molecule has 1 aliphatic carbocycles. The summed E-state index contributed by atoms with van der Waals surface area (Å²) in [5.74, 6) is -0.586. The van der Waals surface area contributed by atoms with Crippen molar-refractivity contribution >= 4 is 21.9 Å². The monoisotopic (exact) mass is 395 g/mol. The Labute approximate surface area is 159 Å². The van der Waals surface area contributed by atoms with Gasteiger partial charge in [-0.1, -0.05) is 0 Å². The van der Waals surface area contributed by atoms with E-state index in [4.69, 9.17) is 4.74 Å². The zero-order valence-electron chi connectivity index (χ0n) is 15.3. The predicted molar refractivity (Wildman–Crippen MR) is 97.0 cm³/mol. The van der Waals surface area contributed by atoms with Gasteiger partial charge >= 0.3 is 5.97 Å². The van der Waals surface area contributed by atoms with E-state index in [0.29, 0.717) is 18.8 Å². The SMILES string of the molecule is CC(NC(=O)COC(=O)C1CCN(S(=O)(=O)c2cccnc2)CC1)C1CC1. The summed E-state index contributed by atoms with van der Waals surface area (Å²) < 4.78 is 31.6. The van der Waals surface area contributed by atoms with Gasteiger partial charge in [-0.2, -0.15) is 4.31 Å². The van der Waals surface area contributed by atoms with E-state index in [1.54, 1.807) is 6.07 Å². The smallest absolute Gasteiger partial charge is 0.309 e. The molecule has 1 saturated carbocycles. The Kier molecular flexibility index (Phi) is 6.11. The van der Waals surface area contributed by atoms with Crippen LogP contribution in [0.5, 0.6) is 0 Å². The summed E-state index contributed by atoms with van der Waals surface area (Å²) in [6.07, 6.45) is 5.83. The number of hydrogen-bond donors (Lipinski definition) is 1. The second-order valence-corrected chi connectivity index (χ2v) is 9.11. The average Bonchev–Trinajstić information content (AvgIpc) is 3.52. The third kappa shape index (κ3) is 5.04. The number of sulfonamides is 1. The first-order chi connectivity index (χ1) is 12.9. The molecule has 0 spiro atoms. The highest BCUT2D eigenvalue weighted by molar-refractivity contribution is 7.89. The van der Waals surface area contributed by atoms with Gasteiger partial charge in [-0.25, -0.2) is 8.42 Å². The van der Waals surface area contributed by atoms with Crippen molar-refractivity contribution in [3.05, 3.63) is 24.5 Å². The molecule has 1 unspecified atom stereocenters. The molecule has 1 N–H and O–H groups in total. The maximum atomic E-state index is 12.6. The van der Waals surface area contributed by atoms with Crippen LogP contribution in [0.15, 0.2) is 29.4 Å². The molecule has 1 amide bonds. The van der Waals surface area contributed by atoms with Crippen LogP contribution in [0.25, 0.3) is 0 Å². The van der Waals surface area contributed by atoms with E-state index in [1.165, 1.54) is 22.8 Å². The average molecular weight is 395 g/mol. The maximum Gasteiger partial charge on any atom is 0.309 e. The lowest BCUT2D eigenvalue weighted by molar-refractivity contribution is -0.153. The molecule has 0 bridgehead atoms. The number of aromatic nitrogens is 1. The van der Waals surface area contributed by atoms with Gasteiger partial charge in [0.25, 0.3) is 5.91 Å². The van der Waals surface area contributed by atoms with Crippen molar-refractivity contribution in [1.82, 2.24) is 14.6 Å². The normalized spacial score (nSPS) is 20.0. The van der Waals surface area contributed by atoms with E-state index in [-0.39, 0.29) is 42.5 Å². The van der Waals surface area contributed by atoms with E-state index < -0.39 is 16.0 Å². The van der Waals surface area contributed by atoms with Gasteiger partial charge in [-0.3, -0.25) is 14.6 Å². The summed E-state index contributed by atoms with van der Waals surface area (Å²) in [6, 6.07) is 3.19. The largest absolute Gasteiger partial charge is 0.455 e. The summed E-state index contributed by atoms with van der Waals surface area (Å²) in [7, 11) is -3.60. The lowest BCUT2D eigenvalue weighted by Crippen LogP contribution is -2.41. The molecule has 2 aliphatic rings. The first-order valence-corrected chi connectivity index (χ1v) is 10.7. The Morgan fingerprint density at radius 1 is 1.30 bits per heavy atom. The third-order valence-electron chi connectivity index (χ3n) is 5.12. The van der Waals surface area contributed by atoms with Crippen LogP contribution in [0, 0.1) is 11.8 Å². The van der Waals surface area contributed by atoms with Crippen molar-refractivity contribution in [1.29, 1.82) is 0 Å². The van der Waals surface area contributed by atoms with Gasteiger partial charge in [0.1, 0.15) is 4.90 Å². The lowest BCUT2D eigenvalue weighted by atomic mass is 9.98. The molecule has 3 rings (SSSR count). The van der Waals surface area contributed by atoms with Gasteiger partial charge in [0.15, 0.2) is 6.61 Å². The molecule has 0 radical (unpaired) electrons. The maximum absolute atomic E-state index is 12.6. The van der Waals surface area contributed by atoms with Crippen molar-refractivity contribution in [3.8, 4) is 0 Å². The number of esters is 1. The molecule has 8 nitrogen and oxygen atoms in total. The van der Waals surface area contributed by atoms with Crippen LogP contribution < -0.4 is 5.32 Å². The second kappa shape index (κ2) is 8.35. The number of hydrogen-bond acceptors (Lipinski definition) is 6. The Morgan fingerprint density at radius 2 is 2.00 bits per heavy atom. The number of carbonyl (C=O) groups is 2. The Hall–Kier alpha value is -2.00. The fourth-order valence-electron chi connectivity index (χ4n) is 3.24. The highest BCUT2D eigenvalue weighted by Crippen LogP contribution is 2.32. The molecular formula is C18H25N3O5S. The van der Waals surface area contributed by atoms with Crippen LogP contribution in [-0.2, 0) is 24.3 Å². The van der Waals surface area contributed by atoms with Crippen molar-refractivity contribution in [2.45, 2.75) is 43.5 Å². The van der Waals surface area contributed by atoms with Crippen molar-refractivity contribution in [3.63, 3.8) is 0 Å². The minimum atomic E-state index is -3.60. The summed E-state index contributed by atoms with van der Waals surface area (Å²) in [4.78, 5) is 28.0. The van der Waals surface area contributed by atoms with Crippen LogP contribution in [0.1, 0.15) is 32.6 Å². The molecule has 1 aromatic heterocycles. The number of piperidine rings is 1. The van der Waals surface area contributed by atoms with E-state index >= 15 is 0 Å². The Morgan fingerprint density at radius 3 is 2.59 bits per heavy atom. The van der Waals surface area contributed by atoms with Gasteiger partial charge < -0.3 is 10.1 Å². The number of pyridine rings is 1. The van der Waals surface area contributed by atoms with Crippen molar-refractivity contribution in [2.24, 2.45) is 11.8 Å². The first kappa shape index (κ1) is 19.8. The molecule has 27 heavy (non-hydrogen) atoms. The molecule has 1 atom stereocenters. The molecule has 1 saturated heterocycles. The summed E-state index contributed by atoms with van der Waals surface area (Å²) in [5, 5.41) is 2.84. The number of carbonyl (C=O) groups excluding carboxylic acids is 2. The van der Waals surface area contributed by atoms with Gasteiger partial charge in [0, 0.05) is 31.5 Å². The third-order valence-corrected chi connectivity index (χ3v) is 7.00. The van der Waals surface area contributed by atoms with Gasteiger partial charge in [0.05, 0.1) is 5.92 Å². The molecule has 148 valence electrons. The zero-order valence-corrected chi connectivity index (χ0v) is 16.2. The molecule has 1 aromatic rings. The molecule has 2 heterocycles. The second-order valence-electron chi connectivity index (χ2n) is 7.17. The van der Waals surface area contributed by atoms with Crippen molar-refractivity contribution in [2.75, 3.05) is 19.7 Å². The fourth-order valence-corrected chi connectivity index (χ4v) is 4.68. The molecule has 1 aliphatic heterocycles. The number of nitrogens with one attached hydrogen (secondary N) is 1. The lowest BCUT2D eigenvalue weighted by Gasteiger charge is -2.30. The molecule has 0 aromatic carbocycles. The number of nitrogens with zero attached hydrogens (tertiary/aromatic N) is 2. The van der Waals surface area contributed by atoms with E-state index in [1.807, 2.05) is 6.92 Å². The summed E-state index contributed by atoms with van der Waals surface area (Å²) >= 11 is 0. The molecule has 2 fully saturated rings. The van der Waals surface area contributed by atoms with Crippen LogP contribution >= 0.6 is 0 Å². The van der Waals surface area contributed by atoms with Crippen molar-refractivity contribution < 1.29 is 22.7 Å². The highest BCUT2D eigenvalue weighted by Gasteiger charge is 2.33. The van der Waals surface area contributed by atoms with Gasteiger partial charge in [0.2, 0.25) is 10.0 Å². The number of ether oxygens (including phenoxy) is 1. The van der Waals surface area contributed by atoms with Crippen LogP contribution in [0.4, 0.5) is 0 Å². The van der Waals surface area contributed by atoms with E-state index in [2.05, 4.69) is 10.3 Å². The minimum absolute atomic E-state index is 0.108. The van der Waals surface area contributed by atoms with Crippen LogP contribution in [-0.4, -0.2) is 55.3 Å². The van der Waals surface area contributed by atoms with Crippen LogP contribution in [0.3, 0.4) is 0 Å². The predicted octanol–water partition coefficient (Wildman–Crippen LogP) is 0.940. The van der Waals surface area contributed by atoms with Gasteiger partial charge in [-0.05, 0) is 50.7 Å². The van der Waals surface area contributed by atoms with E-state index in [0.717, 1.165) is 12.8 Å². The van der Waals surface area contributed by atoms with Crippen LogP contribution in [0.2, 0.25) is 0 Å². The molecule has 9 heteroatoms. The first-order valence-electron chi connectivity index (χ1n) is 9.24. The summed E-state index contributed by atoms with van der Waals surface area (Å²) in [6.45, 7) is 2.14.